The molecule has 0 radical (unpaired) electrons. The first-order valence-corrected chi connectivity index (χ1v) is 8.31. The van der Waals surface area contributed by atoms with Crippen LogP contribution in [0.1, 0.15) is 32.1 Å². The van der Waals surface area contributed by atoms with Crippen molar-refractivity contribution in [3.8, 4) is 5.75 Å². The van der Waals surface area contributed by atoms with Crippen molar-refractivity contribution < 1.29 is 14.6 Å². The number of carbonyl (C=O) groups is 1. The maximum Gasteiger partial charge on any atom is 0.323 e. The highest BCUT2D eigenvalue weighted by Crippen LogP contribution is 2.42. The van der Waals surface area contributed by atoms with Crippen LogP contribution in [-0.2, 0) is 4.79 Å². The molecule has 2 saturated carbocycles. The van der Waals surface area contributed by atoms with E-state index in [1.165, 1.54) is 0 Å². The summed E-state index contributed by atoms with van der Waals surface area (Å²) in [5.41, 5.74) is -0.711. The first kappa shape index (κ1) is 14.7. The van der Waals surface area contributed by atoms with Gasteiger partial charge in [-0.05, 0) is 50.3 Å². The van der Waals surface area contributed by atoms with Gasteiger partial charge in [-0.25, -0.2) is 0 Å². The summed E-state index contributed by atoms with van der Waals surface area (Å²) in [7, 11) is 1.66. The second-order valence-electron chi connectivity index (χ2n) is 5.97. The van der Waals surface area contributed by atoms with E-state index in [1.807, 2.05) is 18.2 Å². The predicted molar refractivity (Wildman–Crippen MR) is 83.0 cm³/mol. The molecule has 0 saturated heterocycles. The number of ether oxygens (including phenoxy) is 1. The molecule has 0 bridgehead atoms. The van der Waals surface area contributed by atoms with E-state index in [2.05, 4.69) is 11.4 Å². The average molecular weight is 307 g/mol. The largest absolute Gasteiger partial charge is 0.497 e. The molecule has 3 rings (SSSR count). The normalized spacial score (nSPS) is 28.5. The van der Waals surface area contributed by atoms with E-state index in [0.717, 1.165) is 36.3 Å². The van der Waals surface area contributed by atoms with Crippen LogP contribution in [0.3, 0.4) is 0 Å². The van der Waals surface area contributed by atoms with Crippen LogP contribution in [0.4, 0.5) is 0 Å². The Labute approximate surface area is 129 Å². The number of rotatable bonds is 6. The zero-order chi connectivity index (χ0) is 14.9. The van der Waals surface area contributed by atoms with Crippen LogP contribution >= 0.6 is 11.8 Å². The van der Waals surface area contributed by atoms with Crippen LogP contribution < -0.4 is 10.1 Å². The van der Waals surface area contributed by atoms with Crippen LogP contribution in [0.15, 0.2) is 29.2 Å². The fraction of sp³-hybridized carbons (Fsp3) is 0.562. The SMILES string of the molecule is COc1cccc(SC2CCC(NC3CC3)(C(=O)O)C2)c1. The lowest BCUT2D eigenvalue weighted by Gasteiger charge is -2.26. The van der Waals surface area contributed by atoms with Gasteiger partial charge in [0.25, 0.3) is 0 Å². The van der Waals surface area contributed by atoms with Gasteiger partial charge in [0.2, 0.25) is 0 Å². The molecule has 0 spiro atoms. The Hall–Kier alpha value is -1.20. The molecular weight excluding hydrogens is 286 g/mol. The van der Waals surface area contributed by atoms with E-state index in [0.29, 0.717) is 17.7 Å². The van der Waals surface area contributed by atoms with Gasteiger partial charge in [-0.1, -0.05) is 6.07 Å². The summed E-state index contributed by atoms with van der Waals surface area (Å²) in [6.07, 6.45) is 4.58. The van der Waals surface area contributed by atoms with Gasteiger partial charge >= 0.3 is 5.97 Å². The van der Waals surface area contributed by atoms with Crippen LogP contribution in [0.2, 0.25) is 0 Å². The lowest BCUT2D eigenvalue weighted by Crippen LogP contribution is -2.51. The Kier molecular flexibility index (Phi) is 4.13. The number of hydrogen-bond donors (Lipinski definition) is 2. The van der Waals surface area contributed by atoms with Gasteiger partial charge in [0.1, 0.15) is 11.3 Å². The van der Waals surface area contributed by atoms with Crippen LogP contribution in [-0.4, -0.2) is 35.0 Å². The standard InChI is InChI=1S/C16H21NO3S/c1-20-12-3-2-4-13(9-12)21-14-7-8-16(10-14,15(18)19)17-11-5-6-11/h2-4,9,11,14,17H,5-8,10H2,1H3,(H,18,19). The van der Waals surface area contributed by atoms with Crippen molar-refractivity contribution in [1.29, 1.82) is 0 Å². The van der Waals surface area contributed by atoms with Crippen molar-refractivity contribution in [1.82, 2.24) is 5.32 Å². The minimum absolute atomic E-state index is 0.347. The zero-order valence-corrected chi connectivity index (χ0v) is 13.0. The van der Waals surface area contributed by atoms with Gasteiger partial charge in [-0.15, -0.1) is 11.8 Å². The number of methoxy groups -OCH3 is 1. The van der Waals surface area contributed by atoms with Gasteiger partial charge in [-0.3, -0.25) is 10.1 Å². The topological polar surface area (TPSA) is 58.6 Å². The van der Waals surface area contributed by atoms with Gasteiger partial charge in [0.05, 0.1) is 7.11 Å². The minimum atomic E-state index is -0.711. The Bertz CT molecular complexity index is 532. The second kappa shape index (κ2) is 5.89. The first-order chi connectivity index (χ1) is 10.1. The van der Waals surface area contributed by atoms with E-state index in [1.54, 1.807) is 18.9 Å². The molecule has 21 heavy (non-hydrogen) atoms. The summed E-state index contributed by atoms with van der Waals surface area (Å²) >= 11 is 1.76. The Morgan fingerprint density at radius 3 is 2.90 bits per heavy atom. The summed E-state index contributed by atoms with van der Waals surface area (Å²) in [6, 6.07) is 8.39. The molecule has 5 heteroatoms. The van der Waals surface area contributed by atoms with Crippen LogP contribution in [0.25, 0.3) is 0 Å². The maximum atomic E-state index is 11.7. The number of nitrogens with one attached hydrogen (secondary N) is 1. The van der Waals surface area contributed by atoms with E-state index in [9.17, 15) is 9.90 Å². The molecule has 1 aromatic rings. The fourth-order valence-corrected chi connectivity index (χ4v) is 4.30. The summed E-state index contributed by atoms with van der Waals surface area (Å²) in [4.78, 5) is 12.8. The Morgan fingerprint density at radius 2 is 2.24 bits per heavy atom. The molecule has 2 N–H and O–H groups in total. The van der Waals surface area contributed by atoms with Crippen LogP contribution in [0.5, 0.6) is 5.75 Å². The highest BCUT2D eigenvalue weighted by atomic mass is 32.2. The van der Waals surface area contributed by atoms with Crippen LogP contribution in [0, 0.1) is 0 Å². The van der Waals surface area contributed by atoms with Gasteiger partial charge < -0.3 is 9.84 Å². The van der Waals surface area contributed by atoms with Crippen molar-refractivity contribution in [2.24, 2.45) is 0 Å². The average Bonchev–Trinajstić information content (AvgIpc) is 3.19. The second-order valence-corrected chi connectivity index (χ2v) is 7.34. The number of carboxylic acids is 1. The molecule has 4 nitrogen and oxygen atoms in total. The smallest absolute Gasteiger partial charge is 0.323 e. The molecular formula is C16H21NO3S. The number of hydrogen-bond acceptors (Lipinski definition) is 4. The zero-order valence-electron chi connectivity index (χ0n) is 12.2. The molecule has 0 heterocycles. The van der Waals surface area contributed by atoms with E-state index in [-0.39, 0.29) is 0 Å². The number of carboxylic acid groups (broad SMARTS) is 1. The molecule has 2 aliphatic carbocycles. The molecule has 2 unspecified atom stereocenters. The summed E-state index contributed by atoms with van der Waals surface area (Å²) in [5, 5.41) is 13.3. The Balaban J connectivity index is 1.66. The third kappa shape index (κ3) is 3.35. The lowest BCUT2D eigenvalue weighted by molar-refractivity contribution is -0.144. The lowest BCUT2D eigenvalue weighted by atomic mass is 9.98. The highest BCUT2D eigenvalue weighted by molar-refractivity contribution is 8.00. The fourth-order valence-electron chi connectivity index (χ4n) is 2.97. The van der Waals surface area contributed by atoms with Crippen molar-refractivity contribution in [2.45, 2.75) is 53.8 Å². The highest BCUT2D eigenvalue weighted by Gasteiger charge is 2.48. The molecule has 2 atom stereocenters. The monoisotopic (exact) mass is 307 g/mol. The van der Waals surface area contributed by atoms with E-state index in [4.69, 9.17) is 4.74 Å². The predicted octanol–water partition coefficient (Wildman–Crippen LogP) is 2.92. The number of aliphatic carboxylic acids is 1. The third-order valence-corrected chi connectivity index (χ3v) is 5.54. The summed E-state index contributed by atoms with van der Waals surface area (Å²) in [5.74, 6) is 0.154. The molecule has 114 valence electrons. The van der Waals surface area contributed by atoms with Crippen molar-refractivity contribution in [3.63, 3.8) is 0 Å². The molecule has 0 amide bonds. The maximum absolute atomic E-state index is 11.7. The third-order valence-electron chi connectivity index (χ3n) is 4.28. The molecule has 2 aliphatic rings. The molecule has 2 fully saturated rings. The molecule has 0 aliphatic heterocycles. The van der Waals surface area contributed by atoms with Crippen molar-refractivity contribution in [2.75, 3.05) is 7.11 Å². The van der Waals surface area contributed by atoms with Gasteiger partial charge in [0, 0.05) is 16.2 Å². The quantitative estimate of drug-likeness (QED) is 0.846. The van der Waals surface area contributed by atoms with E-state index < -0.39 is 11.5 Å². The van der Waals surface area contributed by atoms with Gasteiger partial charge in [-0.2, -0.15) is 0 Å². The van der Waals surface area contributed by atoms with E-state index >= 15 is 0 Å². The molecule has 1 aromatic carbocycles. The van der Waals surface area contributed by atoms with Crippen molar-refractivity contribution >= 4 is 17.7 Å². The number of benzene rings is 1. The molecule has 0 aromatic heterocycles. The van der Waals surface area contributed by atoms with Gasteiger partial charge in [0.15, 0.2) is 0 Å². The first-order valence-electron chi connectivity index (χ1n) is 7.43. The summed E-state index contributed by atoms with van der Waals surface area (Å²) in [6.45, 7) is 0. The Morgan fingerprint density at radius 1 is 1.43 bits per heavy atom. The number of thioether (sulfide) groups is 1. The minimum Gasteiger partial charge on any atom is -0.497 e. The summed E-state index contributed by atoms with van der Waals surface area (Å²) < 4.78 is 5.24. The van der Waals surface area contributed by atoms with Crippen molar-refractivity contribution in [3.05, 3.63) is 24.3 Å².